The zero-order chi connectivity index (χ0) is 16.5. The minimum absolute atomic E-state index is 0.0963. The van der Waals surface area contributed by atoms with Crippen molar-refractivity contribution in [2.75, 3.05) is 0 Å². The molecule has 6 heteroatoms. The van der Waals surface area contributed by atoms with Gasteiger partial charge in [0.05, 0.1) is 29.9 Å². The maximum Gasteiger partial charge on any atom is 0.156 e. The van der Waals surface area contributed by atoms with Crippen molar-refractivity contribution in [1.29, 1.82) is 0 Å². The Kier molecular flexibility index (Phi) is 3.60. The molecular weight excluding hydrogens is 304 g/mol. The van der Waals surface area contributed by atoms with Crippen molar-refractivity contribution < 1.29 is 10.2 Å². The lowest BCUT2D eigenvalue weighted by molar-refractivity contribution is 0.260. The molecular formula is C18H16N4O2. The number of rotatable bonds is 4. The largest absolute Gasteiger partial charge is 0.392 e. The van der Waals surface area contributed by atoms with Gasteiger partial charge in [-0.25, -0.2) is 4.98 Å². The predicted octanol–water partition coefficient (Wildman–Crippen LogP) is 2.60. The first kappa shape index (κ1) is 14.6. The van der Waals surface area contributed by atoms with Crippen molar-refractivity contribution in [3.05, 3.63) is 59.7 Å². The molecule has 4 N–H and O–H groups in total. The summed E-state index contributed by atoms with van der Waals surface area (Å²) in [6.07, 6.45) is 0. The van der Waals surface area contributed by atoms with Gasteiger partial charge in [0, 0.05) is 5.56 Å². The number of imidazole rings is 1. The van der Waals surface area contributed by atoms with Gasteiger partial charge >= 0.3 is 0 Å². The van der Waals surface area contributed by atoms with Crippen LogP contribution in [0.25, 0.3) is 33.8 Å². The van der Waals surface area contributed by atoms with E-state index in [-0.39, 0.29) is 13.2 Å². The highest BCUT2D eigenvalue weighted by Crippen LogP contribution is 2.25. The summed E-state index contributed by atoms with van der Waals surface area (Å²) in [5.41, 5.74) is 5.70. The molecule has 2 aromatic heterocycles. The van der Waals surface area contributed by atoms with Crippen LogP contribution in [0, 0.1) is 0 Å². The molecule has 0 fully saturated rings. The van der Waals surface area contributed by atoms with Crippen molar-refractivity contribution in [1.82, 2.24) is 20.2 Å². The van der Waals surface area contributed by atoms with Crippen LogP contribution in [0.15, 0.2) is 48.5 Å². The van der Waals surface area contributed by atoms with E-state index in [2.05, 4.69) is 20.2 Å². The third kappa shape index (κ3) is 2.47. The van der Waals surface area contributed by atoms with Crippen LogP contribution in [0.4, 0.5) is 0 Å². The molecule has 0 saturated heterocycles. The number of H-pyrrole nitrogens is 2. The number of hydrogen-bond acceptors (Lipinski definition) is 4. The number of benzene rings is 2. The highest BCUT2D eigenvalue weighted by Gasteiger charge is 2.11. The molecule has 0 aliphatic heterocycles. The van der Waals surface area contributed by atoms with Crippen LogP contribution in [0.1, 0.15) is 11.1 Å². The lowest BCUT2D eigenvalue weighted by atomic mass is 10.0. The van der Waals surface area contributed by atoms with Crippen molar-refractivity contribution in [3.63, 3.8) is 0 Å². The highest BCUT2D eigenvalue weighted by atomic mass is 16.3. The Hall–Kier alpha value is -2.96. The molecule has 2 aromatic carbocycles. The van der Waals surface area contributed by atoms with E-state index in [1.165, 1.54) is 0 Å². The minimum atomic E-state index is -0.120. The average molecular weight is 320 g/mol. The van der Waals surface area contributed by atoms with Gasteiger partial charge in [0.1, 0.15) is 5.69 Å². The molecule has 0 aliphatic carbocycles. The number of aromatic amines is 2. The Morgan fingerprint density at radius 2 is 1.75 bits per heavy atom. The highest BCUT2D eigenvalue weighted by molar-refractivity contribution is 5.79. The summed E-state index contributed by atoms with van der Waals surface area (Å²) in [5.74, 6) is 0.726. The Labute approximate surface area is 137 Å². The number of nitrogens with zero attached hydrogens (tertiary/aromatic N) is 2. The van der Waals surface area contributed by atoms with Crippen LogP contribution in [-0.2, 0) is 13.2 Å². The first-order valence-corrected chi connectivity index (χ1v) is 7.63. The predicted molar refractivity (Wildman–Crippen MR) is 91.0 cm³/mol. The number of aliphatic hydroxyl groups is 2. The molecule has 4 rings (SSSR count). The number of aromatic nitrogens is 4. The summed E-state index contributed by atoms with van der Waals surface area (Å²) in [5, 5.41) is 26.0. The number of nitrogens with one attached hydrogen (secondary N) is 2. The molecule has 120 valence electrons. The quantitative estimate of drug-likeness (QED) is 0.464. The van der Waals surface area contributed by atoms with E-state index in [1.807, 2.05) is 42.5 Å². The Morgan fingerprint density at radius 3 is 2.54 bits per heavy atom. The van der Waals surface area contributed by atoms with Crippen LogP contribution < -0.4 is 0 Å². The van der Waals surface area contributed by atoms with Crippen LogP contribution in [-0.4, -0.2) is 30.4 Å². The van der Waals surface area contributed by atoms with Gasteiger partial charge < -0.3 is 15.2 Å². The zero-order valence-corrected chi connectivity index (χ0v) is 12.8. The van der Waals surface area contributed by atoms with E-state index in [0.717, 1.165) is 33.8 Å². The van der Waals surface area contributed by atoms with Crippen molar-refractivity contribution in [2.24, 2.45) is 0 Å². The smallest absolute Gasteiger partial charge is 0.156 e. The van der Waals surface area contributed by atoms with Gasteiger partial charge in [-0.1, -0.05) is 24.3 Å². The van der Waals surface area contributed by atoms with E-state index in [0.29, 0.717) is 11.1 Å². The Balaban J connectivity index is 1.72. The molecule has 24 heavy (non-hydrogen) atoms. The van der Waals surface area contributed by atoms with Gasteiger partial charge in [-0.3, -0.25) is 5.10 Å². The van der Waals surface area contributed by atoms with Crippen LogP contribution in [0.2, 0.25) is 0 Å². The molecule has 0 aliphatic rings. The minimum Gasteiger partial charge on any atom is -0.392 e. The molecule has 0 radical (unpaired) electrons. The fraction of sp³-hybridized carbons (Fsp3) is 0.111. The molecule has 0 bridgehead atoms. The second-order valence-electron chi connectivity index (χ2n) is 5.57. The van der Waals surface area contributed by atoms with Crippen LogP contribution in [0.5, 0.6) is 0 Å². The normalized spacial score (nSPS) is 11.2. The summed E-state index contributed by atoms with van der Waals surface area (Å²) in [7, 11) is 0. The molecule has 6 nitrogen and oxygen atoms in total. The van der Waals surface area contributed by atoms with Crippen LogP contribution >= 0.6 is 0 Å². The first-order chi connectivity index (χ1) is 11.8. The lowest BCUT2D eigenvalue weighted by Gasteiger charge is -2.06. The van der Waals surface area contributed by atoms with Crippen LogP contribution in [0.3, 0.4) is 0 Å². The molecule has 0 spiro atoms. The third-order valence-corrected chi connectivity index (χ3v) is 4.07. The fourth-order valence-electron chi connectivity index (χ4n) is 2.76. The molecule has 4 aromatic rings. The summed E-state index contributed by atoms with van der Waals surface area (Å²) in [4.78, 5) is 7.81. The number of fused-ring (bicyclic) bond motifs is 1. The molecule has 0 saturated carbocycles. The SMILES string of the molecule is OCc1ccc(-c2cc(-c3nc4ccccc4[nH]3)[nH]n2)cc1CO. The maximum absolute atomic E-state index is 9.43. The van der Waals surface area contributed by atoms with E-state index >= 15 is 0 Å². The van der Waals surface area contributed by atoms with Crippen molar-refractivity contribution in [3.8, 4) is 22.8 Å². The monoisotopic (exact) mass is 320 g/mol. The number of para-hydroxylation sites is 2. The van der Waals surface area contributed by atoms with Gasteiger partial charge in [-0.15, -0.1) is 0 Å². The van der Waals surface area contributed by atoms with Crippen molar-refractivity contribution in [2.45, 2.75) is 13.2 Å². The van der Waals surface area contributed by atoms with Gasteiger partial charge in [0.15, 0.2) is 5.82 Å². The molecule has 0 unspecified atom stereocenters. The zero-order valence-electron chi connectivity index (χ0n) is 12.8. The first-order valence-electron chi connectivity index (χ1n) is 7.63. The molecule has 0 amide bonds. The Bertz CT molecular complexity index is 970. The van der Waals surface area contributed by atoms with Gasteiger partial charge in [0.2, 0.25) is 0 Å². The summed E-state index contributed by atoms with van der Waals surface area (Å²) in [6, 6.07) is 15.3. The standard InChI is InChI=1S/C18H16N4O2/c23-9-12-6-5-11(7-13(12)10-24)16-8-17(22-21-16)18-19-14-3-1-2-4-15(14)20-18/h1-8,23-24H,9-10H2,(H,19,20)(H,21,22). The van der Waals surface area contributed by atoms with E-state index in [4.69, 9.17) is 0 Å². The third-order valence-electron chi connectivity index (χ3n) is 4.07. The topological polar surface area (TPSA) is 97.8 Å². The molecule has 2 heterocycles. The Morgan fingerprint density at radius 1 is 0.917 bits per heavy atom. The number of hydrogen-bond donors (Lipinski definition) is 4. The number of aliphatic hydroxyl groups excluding tert-OH is 2. The van der Waals surface area contributed by atoms with Gasteiger partial charge in [0.25, 0.3) is 0 Å². The average Bonchev–Trinajstić information content (AvgIpc) is 3.27. The summed E-state index contributed by atoms with van der Waals surface area (Å²) >= 11 is 0. The lowest BCUT2D eigenvalue weighted by Crippen LogP contribution is -1.94. The maximum atomic E-state index is 9.43. The second kappa shape index (κ2) is 5.92. The van der Waals surface area contributed by atoms with E-state index in [1.54, 1.807) is 6.07 Å². The van der Waals surface area contributed by atoms with Gasteiger partial charge in [-0.2, -0.15) is 5.10 Å². The van der Waals surface area contributed by atoms with E-state index in [9.17, 15) is 10.2 Å². The van der Waals surface area contributed by atoms with Gasteiger partial charge in [-0.05, 0) is 35.4 Å². The summed E-state index contributed by atoms with van der Waals surface area (Å²) in [6.45, 7) is -0.217. The second-order valence-corrected chi connectivity index (χ2v) is 5.57. The van der Waals surface area contributed by atoms with Crippen molar-refractivity contribution >= 4 is 11.0 Å². The fourth-order valence-corrected chi connectivity index (χ4v) is 2.76. The van der Waals surface area contributed by atoms with E-state index < -0.39 is 0 Å². The summed E-state index contributed by atoms with van der Waals surface area (Å²) < 4.78 is 0. The molecule has 0 atom stereocenters.